The number of hydrogen-bond donors (Lipinski definition) is 2. The molecule has 2 atom stereocenters. The van der Waals surface area contributed by atoms with Gasteiger partial charge in [0.05, 0.1) is 12.5 Å². The molecule has 1 saturated heterocycles. The molecule has 1 aromatic heterocycles. The molecule has 0 spiro atoms. The van der Waals surface area contributed by atoms with Gasteiger partial charge in [-0.05, 0) is 31.9 Å². The van der Waals surface area contributed by atoms with Crippen LogP contribution < -0.4 is 5.32 Å². The van der Waals surface area contributed by atoms with Crippen molar-refractivity contribution >= 4 is 17.3 Å². The van der Waals surface area contributed by atoms with Crippen molar-refractivity contribution in [1.29, 1.82) is 0 Å². The van der Waals surface area contributed by atoms with Crippen LogP contribution in [0.5, 0.6) is 0 Å². The number of carboxylic acid groups (broad SMARTS) is 1. The topological polar surface area (TPSA) is 58.6 Å². The van der Waals surface area contributed by atoms with Crippen LogP contribution >= 0.6 is 11.3 Å². The van der Waals surface area contributed by atoms with E-state index in [4.69, 9.17) is 9.84 Å². The van der Waals surface area contributed by atoms with Crippen molar-refractivity contribution in [3.63, 3.8) is 0 Å². The number of aliphatic carboxylic acids is 1. The molecular weight excluding hydrogens is 250 g/mol. The van der Waals surface area contributed by atoms with E-state index in [1.165, 1.54) is 4.88 Å². The van der Waals surface area contributed by atoms with Gasteiger partial charge in [-0.15, -0.1) is 11.3 Å². The molecule has 1 aliphatic rings. The molecule has 0 radical (unpaired) electrons. The number of thiophene rings is 1. The third-order valence-electron chi connectivity index (χ3n) is 3.09. The molecule has 1 aliphatic heterocycles. The largest absolute Gasteiger partial charge is 0.481 e. The fraction of sp³-hybridized carbons (Fsp3) is 0.615. The SMILES string of the molecule is CC1CC(NCc2ccc(CC(=O)O)s2)CCO1. The number of carboxylic acids is 1. The van der Waals surface area contributed by atoms with Crippen molar-refractivity contribution in [1.82, 2.24) is 5.32 Å². The second kappa shape index (κ2) is 6.31. The molecule has 0 aliphatic carbocycles. The predicted molar refractivity (Wildman–Crippen MR) is 70.9 cm³/mol. The Hall–Kier alpha value is -0.910. The molecule has 4 nitrogen and oxygen atoms in total. The molecule has 0 saturated carbocycles. The van der Waals surface area contributed by atoms with Crippen molar-refractivity contribution in [2.75, 3.05) is 6.61 Å². The average molecular weight is 269 g/mol. The first kappa shape index (κ1) is 13.5. The highest BCUT2D eigenvalue weighted by atomic mass is 32.1. The van der Waals surface area contributed by atoms with E-state index in [0.29, 0.717) is 12.1 Å². The highest BCUT2D eigenvalue weighted by Crippen LogP contribution is 2.19. The summed E-state index contributed by atoms with van der Waals surface area (Å²) in [4.78, 5) is 12.7. The van der Waals surface area contributed by atoms with E-state index >= 15 is 0 Å². The van der Waals surface area contributed by atoms with Gasteiger partial charge in [-0.2, -0.15) is 0 Å². The van der Waals surface area contributed by atoms with Gasteiger partial charge in [0.15, 0.2) is 0 Å². The van der Waals surface area contributed by atoms with Crippen molar-refractivity contribution in [2.24, 2.45) is 0 Å². The highest BCUT2D eigenvalue weighted by molar-refractivity contribution is 7.12. The van der Waals surface area contributed by atoms with Gasteiger partial charge in [-0.3, -0.25) is 4.79 Å². The van der Waals surface area contributed by atoms with Gasteiger partial charge in [0.1, 0.15) is 0 Å². The summed E-state index contributed by atoms with van der Waals surface area (Å²) < 4.78 is 5.51. The van der Waals surface area contributed by atoms with E-state index in [2.05, 4.69) is 12.2 Å². The molecule has 2 unspecified atom stereocenters. The Morgan fingerprint density at radius 2 is 2.33 bits per heavy atom. The monoisotopic (exact) mass is 269 g/mol. The van der Waals surface area contributed by atoms with Gasteiger partial charge in [-0.1, -0.05) is 0 Å². The Bertz CT molecular complexity index is 405. The maximum Gasteiger partial charge on any atom is 0.308 e. The molecule has 18 heavy (non-hydrogen) atoms. The summed E-state index contributed by atoms with van der Waals surface area (Å²) in [6.07, 6.45) is 2.56. The van der Waals surface area contributed by atoms with E-state index < -0.39 is 5.97 Å². The first-order valence-electron chi connectivity index (χ1n) is 6.28. The van der Waals surface area contributed by atoms with E-state index in [1.807, 2.05) is 12.1 Å². The second-order valence-corrected chi connectivity index (χ2v) is 5.98. The normalized spacial score (nSPS) is 24.1. The Morgan fingerprint density at radius 1 is 1.56 bits per heavy atom. The van der Waals surface area contributed by atoms with Gasteiger partial charge in [0, 0.05) is 28.9 Å². The smallest absolute Gasteiger partial charge is 0.308 e. The zero-order valence-corrected chi connectivity index (χ0v) is 11.3. The third-order valence-corrected chi connectivity index (χ3v) is 4.18. The lowest BCUT2D eigenvalue weighted by Crippen LogP contribution is -2.37. The highest BCUT2D eigenvalue weighted by Gasteiger charge is 2.18. The number of carbonyl (C=O) groups is 1. The van der Waals surface area contributed by atoms with Crippen molar-refractivity contribution < 1.29 is 14.6 Å². The van der Waals surface area contributed by atoms with Crippen molar-refractivity contribution in [3.8, 4) is 0 Å². The predicted octanol–water partition coefficient (Wildman–Crippen LogP) is 2.03. The second-order valence-electron chi connectivity index (χ2n) is 4.72. The van der Waals surface area contributed by atoms with E-state index in [9.17, 15) is 4.79 Å². The number of rotatable bonds is 5. The minimum Gasteiger partial charge on any atom is -0.481 e. The summed E-state index contributed by atoms with van der Waals surface area (Å²) in [5, 5.41) is 12.2. The molecule has 0 amide bonds. The summed E-state index contributed by atoms with van der Waals surface area (Å²) in [7, 11) is 0. The van der Waals surface area contributed by atoms with Gasteiger partial charge in [0.2, 0.25) is 0 Å². The summed E-state index contributed by atoms with van der Waals surface area (Å²) in [6, 6.07) is 4.43. The summed E-state index contributed by atoms with van der Waals surface area (Å²) >= 11 is 1.58. The van der Waals surface area contributed by atoms with E-state index in [1.54, 1.807) is 11.3 Å². The van der Waals surface area contributed by atoms with Crippen LogP contribution in [0.3, 0.4) is 0 Å². The Morgan fingerprint density at radius 3 is 3.06 bits per heavy atom. The summed E-state index contributed by atoms with van der Waals surface area (Å²) in [6.45, 7) is 3.75. The lowest BCUT2D eigenvalue weighted by Gasteiger charge is -2.27. The van der Waals surface area contributed by atoms with Gasteiger partial charge in [-0.25, -0.2) is 0 Å². The molecule has 2 rings (SSSR count). The molecule has 100 valence electrons. The van der Waals surface area contributed by atoms with Gasteiger partial charge in [0.25, 0.3) is 0 Å². The van der Waals surface area contributed by atoms with E-state index in [0.717, 1.165) is 30.9 Å². The Balaban J connectivity index is 1.79. The molecule has 1 aromatic rings. The zero-order chi connectivity index (χ0) is 13.0. The standard InChI is InChI=1S/C13H19NO3S/c1-9-6-10(4-5-17-9)14-8-12-3-2-11(18-12)7-13(15)16/h2-3,9-10,14H,4-8H2,1H3,(H,15,16). The number of hydrogen-bond acceptors (Lipinski definition) is 4. The quantitative estimate of drug-likeness (QED) is 0.858. The first-order valence-corrected chi connectivity index (χ1v) is 7.09. The minimum atomic E-state index is -0.769. The number of ether oxygens (including phenoxy) is 1. The van der Waals surface area contributed by atoms with Crippen LogP contribution in [-0.4, -0.2) is 29.8 Å². The van der Waals surface area contributed by atoms with Crippen molar-refractivity contribution in [3.05, 3.63) is 21.9 Å². The summed E-state index contributed by atoms with van der Waals surface area (Å²) in [5.41, 5.74) is 0. The van der Waals surface area contributed by atoms with Gasteiger partial charge < -0.3 is 15.2 Å². The molecule has 2 N–H and O–H groups in total. The maximum atomic E-state index is 10.6. The molecule has 0 bridgehead atoms. The van der Waals surface area contributed by atoms with Crippen LogP contribution in [0.1, 0.15) is 29.5 Å². The van der Waals surface area contributed by atoms with Crippen LogP contribution in [0, 0.1) is 0 Å². The van der Waals surface area contributed by atoms with Crippen LogP contribution in [0.4, 0.5) is 0 Å². The molecule has 1 fully saturated rings. The van der Waals surface area contributed by atoms with Crippen LogP contribution in [0.15, 0.2) is 12.1 Å². The molecule has 5 heteroatoms. The maximum absolute atomic E-state index is 10.6. The first-order chi connectivity index (χ1) is 8.63. The fourth-order valence-electron chi connectivity index (χ4n) is 2.19. The average Bonchev–Trinajstić information content (AvgIpc) is 2.73. The third kappa shape index (κ3) is 4.08. The van der Waals surface area contributed by atoms with Crippen LogP contribution in [0.2, 0.25) is 0 Å². The van der Waals surface area contributed by atoms with Gasteiger partial charge >= 0.3 is 5.97 Å². The number of nitrogens with one attached hydrogen (secondary N) is 1. The Kier molecular flexibility index (Phi) is 4.74. The lowest BCUT2D eigenvalue weighted by molar-refractivity contribution is -0.136. The molecule has 0 aromatic carbocycles. The summed E-state index contributed by atoms with van der Waals surface area (Å²) in [5.74, 6) is -0.769. The van der Waals surface area contributed by atoms with Crippen molar-refractivity contribution in [2.45, 2.75) is 44.9 Å². The fourth-order valence-corrected chi connectivity index (χ4v) is 3.15. The molecular formula is C13H19NO3S. The van der Waals surface area contributed by atoms with Crippen LogP contribution in [0.25, 0.3) is 0 Å². The molecule has 2 heterocycles. The minimum absolute atomic E-state index is 0.124. The van der Waals surface area contributed by atoms with Crippen LogP contribution in [-0.2, 0) is 22.5 Å². The lowest BCUT2D eigenvalue weighted by atomic mass is 10.0. The van der Waals surface area contributed by atoms with E-state index in [-0.39, 0.29) is 6.42 Å². The zero-order valence-electron chi connectivity index (χ0n) is 10.5. The Labute approximate surface area is 111 Å².